The summed E-state index contributed by atoms with van der Waals surface area (Å²) in [7, 11) is 1.40. The van der Waals surface area contributed by atoms with Crippen LogP contribution in [0.2, 0.25) is 0 Å². The van der Waals surface area contributed by atoms with Gasteiger partial charge in [-0.1, -0.05) is 13.8 Å². The maximum Gasteiger partial charge on any atom is 0.338 e. The number of hydrogen-bond donors (Lipinski definition) is 0. The van der Waals surface area contributed by atoms with Crippen molar-refractivity contribution in [1.29, 1.82) is 0 Å². The molecule has 0 aromatic heterocycles. The minimum Gasteiger partial charge on any atom is -0.466 e. The highest BCUT2D eigenvalue weighted by Gasteiger charge is 2.55. The Morgan fingerprint density at radius 2 is 2.20 bits per heavy atom. The first kappa shape index (κ1) is 10.5. The molecule has 2 aliphatic rings. The SMILES string of the molecule is COC(=O)C1=CON2CC(C)(C)CC12C. The number of methoxy groups -OCH3 is 1. The number of carbonyl (C=O) groups is 1. The molecule has 0 bridgehead atoms. The summed E-state index contributed by atoms with van der Waals surface area (Å²) in [5, 5.41) is 1.87. The summed E-state index contributed by atoms with van der Waals surface area (Å²) in [5.41, 5.74) is 0.467. The largest absolute Gasteiger partial charge is 0.466 e. The van der Waals surface area contributed by atoms with Gasteiger partial charge in [0.1, 0.15) is 6.26 Å². The predicted octanol–water partition coefficient (Wildman–Crippen LogP) is 1.48. The zero-order valence-electron chi connectivity index (χ0n) is 9.66. The van der Waals surface area contributed by atoms with Gasteiger partial charge >= 0.3 is 5.97 Å². The van der Waals surface area contributed by atoms with Crippen LogP contribution in [0, 0.1) is 5.41 Å². The van der Waals surface area contributed by atoms with Crippen molar-refractivity contribution in [3.8, 4) is 0 Å². The average Bonchev–Trinajstić information content (AvgIpc) is 2.52. The first-order valence-electron chi connectivity index (χ1n) is 5.12. The van der Waals surface area contributed by atoms with Crippen LogP contribution in [-0.2, 0) is 14.4 Å². The van der Waals surface area contributed by atoms with Gasteiger partial charge in [0.2, 0.25) is 0 Å². The van der Waals surface area contributed by atoms with Crippen LogP contribution in [0.4, 0.5) is 0 Å². The molecule has 1 unspecified atom stereocenters. The fourth-order valence-electron chi connectivity index (χ4n) is 2.64. The minimum atomic E-state index is -0.323. The first-order valence-corrected chi connectivity index (χ1v) is 5.12. The van der Waals surface area contributed by atoms with E-state index < -0.39 is 0 Å². The molecule has 1 fully saturated rings. The number of rotatable bonds is 1. The van der Waals surface area contributed by atoms with Gasteiger partial charge in [0.05, 0.1) is 18.2 Å². The molecule has 2 rings (SSSR count). The van der Waals surface area contributed by atoms with Gasteiger partial charge in [0, 0.05) is 6.54 Å². The van der Waals surface area contributed by atoms with E-state index in [0.717, 1.165) is 13.0 Å². The number of esters is 1. The molecule has 15 heavy (non-hydrogen) atoms. The van der Waals surface area contributed by atoms with Gasteiger partial charge in [0.25, 0.3) is 0 Å². The molecule has 4 heteroatoms. The lowest BCUT2D eigenvalue weighted by molar-refractivity contribution is -0.140. The Balaban J connectivity index is 2.29. The van der Waals surface area contributed by atoms with E-state index in [1.165, 1.54) is 13.4 Å². The van der Waals surface area contributed by atoms with Gasteiger partial charge in [0.15, 0.2) is 0 Å². The van der Waals surface area contributed by atoms with Crippen molar-refractivity contribution in [1.82, 2.24) is 5.06 Å². The van der Waals surface area contributed by atoms with Gasteiger partial charge < -0.3 is 9.57 Å². The van der Waals surface area contributed by atoms with E-state index in [-0.39, 0.29) is 16.9 Å². The van der Waals surface area contributed by atoms with Crippen molar-refractivity contribution in [3.63, 3.8) is 0 Å². The number of fused-ring (bicyclic) bond motifs is 1. The molecule has 0 spiro atoms. The Bertz CT molecular complexity index is 335. The lowest BCUT2D eigenvalue weighted by Crippen LogP contribution is -2.39. The Kier molecular flexibility index (Phi) is 2.08. The van der Waals surface area contributed by atoms with E-state index in [1.807, 2.05) is 12.0 Å². The van der Waals surface area contributed by atoms with Crippen molar-refractivity contribution in [2.24, 2.45) is 5.41 Å². The second-order valence-corrected chi connectivity index (χ2v) is 5.28. The molecule has 0 radical (unpaired) electrons. The topological polar surface area (TPSA) is 38.8 Å². The number of ether oxygens (including phenoxy) is 1. The summed E-state index contributed by atoms with van der Waals surface area (Å²) in [6, 6.07) is 0. The molecular weight excluding hydrogens is 194 g/mol. The zero-order chi connectivity index (χ0) is 11.3. The van der Waals surface area contributed by atoms with Crippen molar-refractivity contribution in [3.05, 3.63) is 11.8 Å². The van der Waals surface area contributed by atoms with E-state index >= 15 is 0 Å². The Hall–Kier alpha value is -1.03. The minimum absolute atomic E-state index is 0.169. The molecule has 4 nitrogen and oxygen atoms in total. The van der Waals surface area contributed by atoms with Crippen molar-refractivity contribution in [2.75, 3.05) is 13.7 Å². The van der Waals surface area contributed by atoms with Crippen LogP contribution in [0.5, 0.6) is 0 Å². The molecule has 2 aliphatic heterocycles. The molecule has 0 amide bonds. The first-order chi connectivity index (χ1) is 6.89. The molecular formula is C11H17NO3. The van der Waals surface area contributed by atoms with Crippen molar-refractivity contribution < 1.29 is 14.4 Å². The molecule has 2 heterocycles. The van der Waals surface area contributed by atoms with E-state index in [9.17, 15) is 4.79 Å². The monoisotopic (exact) mass is 211 g/mol. The number of hydroxylamine groups is 2. The van der Waals surface area contributed by atoms with Crippen LogP contribution in [-0.4, -0.2) is 30.2 Å². The quantitative estimate of drug-likeness (QED) is 0.616. The highest BCUT2D eigenvalue weighted by atomic mass is 16.7. The van der Waals surface area contributed by atoms with E-state index in [0.29, 0.717) is 5.57 Å². The molecule has 0 aromatic rings. The standard InChI is InChI=1S/C11H17NO3/c1-10(2)6-11(3)8(9(13)14-4)5-15-12(11)7-10/h5H,6-7H2,1-4H3. The smallest absolute Gasteiger partial charge is 0.338 e. The van der Waals surface area contributed by atoms with Crippen LogP contribution < -0.4 is 0 Å². The van der Waals surface area contributed by atoms with Crippen LogP contribution in [0.3, 0.4) is 0 Å². The normalized spacial score (nSPS) is 33.2. The zero-order valence-corrected chi connectivity index (χ0v) is 9.66. The van der Waals surface area contributed by atoms with Gasteiger partial charge in [-0.2, -0.15) is 0 Å². The average molecular weight is 211 g/mol. The third-order valence-corrected chi connectivity index (χ3v) is 3.23. The number of hydrogen-bond acceptors (Lipinski definition) is 4. The van der Waals surface area contributed by atoms with Gasteiger partial charge in [-0.3, -0.25) is 0 Å². The number of nitrogens with zero attached hydrogens (tertiary/aromatic N) is 1. The summed E-state index contributed by atoms with van der Waals surface area (Å²) < 4.78 is 4.76. The molecule has 0 saturated carbocycles. The fraction of sp³-hybridized carbons (Fsp3) is 0.727. The maximum atomic E-state index is 11.6. The molecule has 1 saturated heterocycles. The fourth-order valence-corrected chi connectivity index (χ4v) is 2.64. The van der Waals surface area contributed by atoms with Crippen LogP contribution in [0.15, 0.2) is 11.8 Å². The molecule has 0 N–H and O–H groups in total. The lowest BCUT2D eigenvalue weighted by atomic mass is 9.81. The van der Waals surface area contributed by atoms with Crippen molar-refractivity contribution >= 4 is 5.97 Å². The van der Waals surface area contributed by atoms with Gasteiger partial charge in [-0.05, 0) is 18.8 Å². The second kappa shape index (κ2) is 2.98. The van der Waals surface area contributed by atoms with Crippen LogP contribution in [0.25, 0.3) is 0 Å². The van der Waals surface area contributed by atoms with E-state index in [1.54, 1.807) is 0 Å². The third-order valence-electron chi connectivity index (χ3n) is 3.23. The van der Waals surface area contributed by atoms with E-state index in [4.69, 9.17) is 9.57 Å². The van der Waals surface area contributed by atoms with E-state index in [2.05, 4.69) is 13.8 Å². The molecule has 1 atom stereocenters. The summed E-state index contributed by atoms with van der Waals surface area (Å²) in [6.07, 6.45) is 2.42. The van der Waals surface area contributed by atoms with Gasteiger partial charge in [-0.15, -0.1) is 5.06 Å². The molecule has 0 aliphatic carbocycles. The van der Waals surface area contributed by atoms with Gasteiger partial charge in [-0.25, -0.2) is 4.79 Å². The predicted molar refractivity (Wildman–Crippen MR) is 54.7 cm³/mol. The summed E-state index contributed by atoms with van der Waals surface area (Å²) in [5.74, 6) is -0.294. The molecule has 0 aromatic carbocycles. The maximum absolute atomic E-state index is 11.6. The summed E-state index contributed by atoms with van der Waals surface area (Å²) in [4.78, 5) is 17.0. The second-order valence-electron chi connectivity index (χ2n) is 5.28. The summed E-state index contributed by atoms with van der Waals surface area (Å²) >= 11 is 0. The Morgan fingerprint density at radius 1 is 1.53 bits per heavy atom. The summed E-state index contributed by atoms with van der Waals surface area (Å²) in [6.45, 7) is 7.21. The Morgan fingerprint density at radius 3 is 2.80 bits per heavy atom. The highest BCUT2D eigenvalue weighted by Crippen LogP contribution is 2.48. The number of carbonyl (C=O) groups excluding carboxylic acids is 1. The van der Waals surface area contributed by atoms with Crippen molar-refractivity contribution in [2.45, 2.75) is 32.7 Å². The molecule has 84 valence electrons. The highest BCUT2D eigenvalue weighted by molar-refractivity contribution is 5.91. The lowest BCUT2D eigenvalue weighted by Gasteiger charge is -2.26. The third kappa shape index (κ3) is 1.44. The van der Waals surface area contributed by atoms with Crippen LogP contribution in [0.1, 0.15) is 27.2 Å². The van der Waals surface area contributed by atoms with Crippen LogP contribution >= 0.6 is 0 Å². The Labute approximate surface area is 89.8 Å².